The van der Waals surface area contributed by atoms with Crippen molar-refractivity contribution in [2.75, 3.05) is 27.2 Å². The molecule has 1 aliphatic heterocycles. The number of rotatable bonds is 6. The van der Waals surface area contributed by atoms with Gasteiger partial charge in [0.05, 0.1) is 6.54 Å². The Bertz CT molecular complexity index is 1420. The van der Waals surface area contributed by atoms with Gasteiger partial charge in [-0.1, -0.05) is 36.3 Å². The minimum Gasteiger partial charge on any atom is -0.333 e. The van der Waals surface area contributed by atoms with Crippen molar-refractivity contribution in [3.05, 3.63) is 75.3 Å². The van der Waals surface area contributed by atoms with Crippen molar-refractivity contribution >= 4 is 17.2 Å². The van der Waals surface area contributed by atoms with Crippen molar-refractivity contribution in [2.24, 2.45) is 0 Å². The van der Waals surface area contributed by atoms with Gasteiger partial charge in [-0.15, -0.1) is 17.8 Å². The van der Waals surface area contributed by atoms with Gasteiger partial charge in [-0.05, 0) is 36.9 Å². The predicted octanol–water partition coefficient (Wildman–Crippen LogP) is 4.73. The molecular weight excluding hydrogens is 499 g/mol. The molecule has 6 nitrogen and oxygen atoms in total. The van der Waals surface area contributed by atoms with Crippen LogP contribution < -0.4 is 0 Å². The zero-order chi connectivity index (χ0) is 26.7. The molecule has 1 atom stereocenters. The number of hydrogen-bond acceptors (Lipinski definition) is 5. The SMILES string of the molecule is C#CCn1cc(-c2ccccc2[C@@H]2CN(C(=O)/C=C/CN(C)C)Cc3sc(C#N)cc32)c(C(F)(F)F)n1. The summed E-state index contributed by atoms with van der Waals surface area (Å²) in [6, 6.07) is 10.7. The highest BCUT2D eigenvalue weighted by Gasteiger charge is 2.39. The molecule has 0 radical (unpaired) electrons. The fourth-order valence-electron chi connectivity index (χ4n) is 4.43. The number of halogens is 3. The lowest BCUT2D eigenvalue weighted by molar-refractivity contribution is -0.141. The van der Waals surface area contributed by atoms with E-state index in [0.717, 1.165) is 15.1 Å². The fraction of sp³-hybridized carbons (Fsp3) is 0.296. The van der Waals surface area contributed by atoms with Crippen molar-refractivity contribution in [3.8, 4) is 29.5 Å². The Labute approximate surface area is 217 Å². The quantitative estimate of drug-likeness (QED) is 0.346. The Balaban J connectivity index is 1.82. The maximum atomic E-state index is 14.0. The van der Waals surface area contributed by atoms with Crippen LogP contribution in [-0.2, 0) is 24.1 Å². The Hall–Kier alpha value is -3.86. The Morgan fingerprint density at radius 3 is 2.73 bits per heavy atom. The second-order valence-corrected chi connectivity index (χ2v) is 10.1. The molecule has 1 amide bonds. The van der Waals surface area contributed by atoms with Gasteiger partial charge in [0.15, 0.2) is 5.69 Å². The van der Waals surface area contributed by atoms with Gasteiger partial charge in [-0.25, -0.2) is 0 Å². The van der Waals surface area contributed by atoms with Crippen LogP contribution in [0.3, 0.4) is 0 Å². The van der Waals surface area contributed by atoms with Crippen molar-refractivity contribution in [1.29, 1.82) is 5.26 Å². The Morgan fingerprint density at radius 2 is 2.05 bits per heavy atom. The highest BCUT2D eigenvalue weighted by Crippen LogP contribution is 2.44. The van der Waals surface area contributed by atoms with E-state index in [-0.39, 0.29) is 24.6 Å². The molecule has 0 bridgehead atoms. The summed E-state index contributed by atoms with van der Waals surface area (Å²) in [6.45, 7) is 1.09. The summed E-state index contributed by atoms with van der Waals surface area (Å²) in [5, 5.41) is 13.2. The van der Waals surface area contributed by atoms with E-state index in [1.54, 1.807) is 41.3 Å². The van der Waals surface area contributed by atoms with Gasteiger partial charge in [0.1, 0.15) is 17.5 Å². The third-order valence-electron chi connectivity index (χ3n) is 6.02. The monoisotopic (exact) mass is 523 g/mol. The molecule has 0 fully saturated rings. The number of benzene rings is 1. The standard InChI is InChI=1S/C27H24F3N5OS/c1-4-11-35-16-23(26(32-35)27(28,29)30)20-9-6-5-8-19(20)22-15-34(25(36)10-7-12-33(2)3)17-24-21(22)13-18(14-31)37-24/h1,5-10,13,16,22H,11-12,15,17H2,2-3H3/b10-7+/t22-/m0/s1. The molecule has 0 aliphatic carbocycles. The van der Waals surface area contributed by atoms with E-state index in [9.17, 15) is 23.2 Å². The summed E-state index contributed by atoms with van der Waals surface area (Å²) < 4.78 is 43.0. The summed E-state index contributed by atoms with van der Waals surface area (Å²) in [5.74, 6) is 1.70. The van der Waals surface area contributed by atoms with Gasteiger partial charge >= 0.3 is 6.18 Å². The predicted molar refractivity (Wildman–Crippen MR) is 135 cm³/mol. The molecule has 1 aromatic carbocycles. The van der Waals surface area contributed by atoms with Crippen LogP contribution in [0.5, 0.6) is 0 Å². The molecule has 2 aromatic heterocycles. The first-order valence-corrected chi connectivity index (χ1v) is 12.2. The van der Waals surface area contributed by atoms with E-state index in [1.165, 1.54) is 23.6 Å². The fourth-order valence-corrected chi connectivity index (χ4v) is 5.46. The molecule has 3 aromatic rings. The molecule has 190 valence electrons. The van der Waals surface area contributed by atoms with E-state index in [1.807, 2.05) is 19.0 Å². The lowest BCUT2D eigenvalue weighted by Gasteiger charge is -2.33. The van der Waals surface area contributed by atoms with E-state index >= 15 is 0 Å². The van der Waals surface area contributed by atoms with Crippen molar-refractivity contribution in [3.63, 3.8) is 0 Å². The number of amides is 1. The summed E-state index contributed by atoms with van der Waals surface area (Å²) in [6.07, 6.45) is 5.22. The molecule has 1 aliphatic rings. The molecule has 0 unspecified atom stereocenters. The maximum absolute atomic E-state index is 14.0. The van der Waals surface area contributed by atoms with Crippen LogP contribution in [0.1, 0.15) is 32.5 Å². The number of hydrogen-bond donors (Lipinski definition) is 0. The number of thiophene rings is 1. The molecule has 37 heavy (non-hydrogen) atoms. The first-order chi connectivity index (χ1) is 17.6. The first-order valence-electron chi connectivity index (χ1n) is 11.4. The minimum absolute atomic E-state index is 0.0787. The van der Waals surface area contributed by atoms with E-state index < -0.39 is 17.8 Å². The summed E-state index contributed by atoms with van der Waals surface area (Å²) in [7, 11) is 3.79. The summed E-state index contributed by atoms with van der Waals surface area (Å²) >= 11 is 1.30. The second kappa shape index (κ2) is 10.6. The van der Waals surface area contributed by atoms with E-state index in [4.69, 9.17) is 6.42 Å². The molecule has 0 saturated heterocycles. The van der Waals surface area contributed by atoms with Gasteiger partial charge in [0.2, 0.25) is 5.91 Å². The Morgan fingerprint density at radius 1 is 1.30 bits per heavy atom. The zero-order valence-corrected chi connectivity index (χ0v) is 21.1. The third-order valence-corrected chi connectivity index (χ3v) is 7.06. The number of carbonyl (C=O) groups excluding carboxylic acids is 1. The number of terminal acetylenes is 1. The highest BCUT2D eigenvalue weighted by molar-refractivity contribution is 7.12. The number of nitriles is 1. The van der Waals surface area contributed by atoms with Crippen LogP contribution in [0.15, 0.2) is 48.7 Å². The number of fused-ring (bicyclic) bond motifs is 1. The van der Waals surface area contributed by atoms with Crippen LogP contribution >= 0.6 is 11.3 Å². The first kappa shape index (κ1) is 26.2. The van der Waals surface area contributed by atoms with Crippen molar-refractivity contribution in [2.45, 2.75) is 25.2 Å². The number of carbonyl (C=O) groups is 1. The number of nitrogens with zero attached hydrogens (tertiary/aromatic N) is 5. The van der Waals surface area contributed by atoms with E-state index in [2.05, 4.69) is 17.1 Å². The van der Waals surface area contributed by atoms with Crippen LogP contribution in [0.2, 0.25) is 0 Å². The number of alkyl halides is 3. The molecule has 10 heteroatoms. The van der Waals surface area contributed by atoms with Crippen LogP contribution in [-0.4, -0.2) is 52.7 Å². The van der Waals surface area contributed by atoms with Gasteiger partial charge in [0.25, 0.3) is 0 Å². The van der Waals surface area contributed by atoms with Crippen LogP contribution in [0.4, 0.5) is 13.2 Å². The van der Waals surface area contributed by atoms with Crippen LogP contribution in [0.25, 0.3) is 11.1 Å². The minimum atomic E-state index is -4.68. The molecule has 0 saturated carbocycles. The lowest BCUT2D eigenvalue weighted by atomic mass is 9.83. The van der Waals surface area contributed by atoms with Crippen LogP contribution in [0, 0.1) is 23.7 Å². The maximum Gasteiger partial charge on any atom is 0.435 e. The second-order valence-electron chi connectivity index (χ2n) is 8.92. The largest absolute Gasteiger partial charge is 0.435 e. The average molecular weight is 524 g/mol. The normalized spacial score (nSPS) is 15.6. The number of aromatic nitrogens is 2. The highest BCUT2D eigenvalue weighted by atomic mass is 32.1. The van der Waals surface area contributed by atoms with Gasteiger partial charge in [0, 0.05) is 41.7 Å². The van der Waals surface area contributed by atoms with E-state index in [0.29, 0.717) is 29.1 Å². The zero-order valence-electron chi connectivity index (χ0n) is 20.3. The number of likely N-dealkylation sites (N-methyl/N-ethyl adjacent to an activating group) is 1. The van der Waals surface area contributed by atoms with Crippen molar-refractivity contribution < 1.29 is 18.0 Å². The van der Waals surface area contributed by atoms with Gasteiger partial charge < -0.3 is 9.80 Å². The smallest absolute Gasteiger partial charge is 0.333 e. The molecule has 4 rings (SSSR count). The summed E-state index contributed by atoms with van der Waals surface area (Å²) in [5.41, 5.74) is 0.724. The topological polar surface area (TPSA) is 65.2 Å². The third kappa shape index (κ3) is 5.61. The lowest BCUT2D eigenvalue weighted by Crippen LogP contribution is -2.37. The van der Waals surface area contributed by atoms with Gasteiger partial charge in [-0.2, -0.15) is 23.5 Å². The van der Waals surface area contributed by atoms with Gasteiger partial charge in [-0.3, -0.25) is 9.48 Å². The van der Waals surface area contributed by atoms with Crippen molar-refractivity contribution in [1.82, 2.24) is 19.6 Å². The molecule has 0 N–H and O–H groups in total. The summed E-state index contributed by atoms with van der Waals surface area (Å²) in [4.78, 5) is 18.0. The molecule has 0 spiro atoms. The molecular formula is C27H24F3N5OS. The average Bonchev–Trinajstić information content (AvgIpc) is 3.47. The Kier molecular flexibility index (Phi) is 7.53. The molecule has 3 heterocycles.